The summed E-state index contributed by atoms with van der Waals surface area (Å²) in [7, 11) is 0. The molecule has 1 atom stereocenters. The fourth-order valence-corrected chi connectivity index (χ4v) is 6.49. The lowest BCUT2D eigenvalue weighted by molar-refractivity contribution is 0.625. The number of hydrogen-bond donors (Lipinski definition) is 1. The van der Waals surface area contributed by atoms with Crippen LogP contribution in [0.2, 0.25) is 0 Å². The van der Waals surface area contributed by atoms with Crippen LogP contribution in [0.15, 0.2) is 57.1 Å². The number of rotatable bonds is 7. The highest BCUT2D eigenvalue weighted by Crippen LogP contribution is 2.37. The quantitative estimate of drug-likeness (QED) is 0.260. The minimum Gasteiger partial charge on any atom is -0.309 e. The van der Waals surface area contributed by atoms with E-state index in [1.54, 1.807) is 23.1 Å². The van der Waals surface area contributed by atoms with Crippen molar-refractivity contribution in [2.75, 3.05) is 0 Å². The van der Waals surface area contributed by atoms with Gasteiger partial charge in [-0.05, 0) is 37.8 Å². The minimum atomic E-state index is -0.0948. The van der Waals surface area contributed by atoms with Gasteiger partial charge in [0, 0.05) is 27.9 Å². The lowest BCUT2D eigenvalue weighted by Crippen LogP contribution is -2.12. The van der Waals surface area contributed by atoms with Crippen LogP contribution in [0, 0.1) is 6.92 Å². The number of H-pyrrole nitrogens is 1. The minimum absolute atomic E-state index is 0.0837. The maximum Gasteiger partial charge on any atom is 0.260 e. The predicted octanol–water partition coefficient (Wildman–Crippen LogP) is 6.54. The van der Waals surface area contributed by atoms with E-state index < -0.39 is 0 Å². The number of fused-ring (bicyclic) bond motifs is 1. The molecule has 5 rings (SSSR count). The predicted molar refractivity (Wildman–Crippen MR) is 138 cm³/mol. The number of aromatic amines is 1. The Kier molecular flexibility index (Phi) is 6.18. The highest BCUT2D eigenvalue weighted by Gasteiger charge is 2.21. The first-order valence-electron chi connectivity index (χ1n) is 10.8. The smallest absolute Gasteiger partial charge is 0.260 e. The first kappa shape index (κ1) is 22.1. The van der Waals surface area contributed by atoms with E-state index in [1.807, 2.05) is 35.9 Å². The van der Waals surface area contributed by atoms with Crippen molar-refractivity contribution in [1.29, 1.82) is 0 Å². The molecule has 4 aromatic heterocycles. The molecule has 0 amide bonds. The zero-order valence-corrected chi connectivity index (χ0v) is 21.0. The summed E-state index contributed by atoms with van der Waals surface area (Å²) in [6.07, 6.45) is 0.973. The summed E-state index contributed by atoms with van der Waals surface area (Å²) in [4.78, 5) is 22.7. The van der Waals surface area contributed by atoms with Crippen LogP contribution in [0.3, 0.4) is 0 Å². The van der Waals surface area contributed by atoms with E-state index in [2.05, 4.69) is 51.8 Å². The SMILES string of the molecule is CCCn1c(SC(C)c2nc3scc(-c4cccs4)c3c(=O)[nH]2)nnc1-c1cccc(C)c1. The molecule has 0 aliphatic heterocycles. The number of aryl methyl sites for hydroxylation is 1. The monoisotopic (exact) mass is 493 g/mol. The fraction of sp³-hybridized carbons (Fsp3) is 0.250. The molecule has 5 aromatic rings. The summed E-state index contributed by atoms with van der Waals surface area (Å²) >= 11 is 4.71. The van der Waals surface area contributed by atoms with Gasteiger partial charge in [0.2, 0.25) is 0 Å². The van der Waals surface area contributed by atoms with Crippen molar-refractivity contribution >= 4 is 44.7 Å². The Morgan fingerprint density at radius 1 is 1.18 bits per heavy atom. The zero-order chi connectivity index (χ0) is 22.9. The molecule has 0 spiro atoms. The molecular weight excluding hydrogens is 470 g/mol. The van der Waals surface area contributed by atoms with Gasteiger partial charge in [-0.2, -0.15) is 0 Å². The van der Waals surface area contributed by atoms with Crippen molar-refractivity contribution in [2.24, 2.45) is 0 Å². The third-order valence-corrected chi connectivity index (χ3v) is 8.22. The molecule has 0 bridgehead atoms. The first-order chi connectivity index (χ1) is 16.0. The van der Waals surface area contributed by atoms with E-state index in [-0.39, 0.29) is 10.8 Å². The molecule has 0 fully saturated rings. The van der Waals surface area contributed by atoms with Gasteiger partial charge < -0.3 is 9.55 Å². The zero-order valence-electron chi connectivity index (χ0n) is 18.5. The Hall–Kier alpha value is -2.75. The second-order valence-corrected chi connectivity index (χ2v) is 11.0. The van der Waals surface area contributed by atoms with Crippen molar-refractivity contribution in [3.05, 3.63) is 68.9 Å². The summed E-state index contributed by atoms with van der Waals surface area (Å²) in [6, 6.07) is 12.3. The van der Waals surface area contributed by atoms with Crippen LogP contribution in [-0.2, 0) is 6.54 Å². The van der Waals surface area contributed by atoms with E-state index in [0.29, 0.717) is 11.2 Å². The lowest BCUT2D eigenvalue weighted by Gasteiger charge is -2.13. The van der Waals surface area contributed by atoms with Crippen LogP contribution in [-0.4, -0.2) is 24.7 Å². The Morgan fingerprint density at radius 3 is 2.82 bits per heavy atom. The summed E-state index contributed by atoms with van der Waals surface area (Å²) in [5.41, 5.74) is 3.11. The third kappa shape index (κ3) is 4.28. The number of hydrogen-bond acceptors (Lipinski definition) is 7. The van der Waals surface area contributed by atoms with Crippen LogP contribution in [0.5, 0.6) is 0 Å². The van der Waals surface area contributed by atoms with Gasteiger partial charge in [-0.1, -0.05) is 48.5 Å². The molecule has 168 valence electrons. The Balaban J connectivity index is 1.47. The summed E-state index contributed by atoms with van der Waals surface area (Å²) in [5.74, 6) is 1.52. The molecule has 6 nitrogen and oxygen atoms in total. The van der Waals surface area contributed by atoms with Gasteiger partial charge in [-0.3, -0.25) is 4.79 Å². The molecular formula is C24H23N5OS3. The van der Waals surface area contributed by atoms with Gasteiger partial charge in [0.25, 0.3) is 5.56 Å². The first-order valence-corrected chi connectivity index (χ1v) is 13.4. The molecule has 0 radical (unpaired) electrons. The maximum absolute atomic E-state index is 13.0. The summed E-state index contributed by atoms with van der Waals surface area (Å²) in [6.45, 7) is 7.09. The second kappa shape index (κ2) is 9.24. The topological polar surface area (TPSA) is 76.5 Å². The van der Waals surface area contributed by atoms with Crippen molar-refractivity contribution < 1.29 is 0 Å². The third-order valence-electron chi connectivity index (χ3n) is 5.36. The average Bonchev–Trinajstić information content (AvgIpc) is 3.54. The number of thiophene rings is 2. The maximum atomic E-state index is 13.0. The summed E-state index contributed by atoms with van der Waals surface area (Å²) in [5, 5.41) is 14.4. The molecule has 1 unspecified atom stereocenters. The number of nitrogens with zero attached hydrogens (tertiary/aromatic N) is 4. The Morgan fingerprint density at radius 2 is 2.06 bits per heavy atom. The van der Waals surface area contributed by atoms with Gasteiger partial charge in [0.05, 0.1) is 10.6 Å². The van der Waals surface area contributed by atoms with E-state index in [4.69, 9.17) is 4.98 Å². The standard InChI is InChI=1S/C24H23N5OS3/c1-4-10-29-21(16-8-5-7-14(2)12-16)27-28-24(29)33-15(3)20-25-22(30)19-17(13-32-23(19)26-20)18-9-6-11-31-18/h5-9,11-13,15H,4,10H2,1-3H3,(H,25,26,30). The lowest BCUT2D eigenvalue weighted by atomic mass is 10.1. The molecule has 1 N–H and O–H groups in total. The van der Waals surface area contributed by atoms with E-state index >= 15 is 0 Å². The van der Waals surface area contributed by atoms with Gasteiger partial charge >= 0.3 is 0 Å². The molecule has 1 aromatic carbocycles. The average molecular weight is 494 g/mol. The molecule has 9 heteroatoms. The highest BCUT2D eigenvalue weighted by molar-refractivity contribution is 7.99. The van der Waals surface area contributed by atoms with Gasteiger partial charge in [0.15, 0.2) is 11.0 Å². The Labute approximate surface area is 203 Å². The normalized spacial score (nSPS) is 12.5. The highest BCUT2D eigenvalue weighted by atomic mass is 32.2. The number of thioether (sulfide) groups is 1. The van der Waals surface area contributed by atoms with E-state index in [0.717, 1.165) is 44.8 Å². The van der Waals surface area contributed by atoms with Crippen LogP contribution in [0.25, 0.3) is 32.0 Å². The van der Waals surface area contributed by atoms with E-state index in [1.165, 1.54) is 16.9 Å². The van der Waals surface area contributed by atoms with Gasteiger partial charge in [0.1, 0.15) is 10.7 Å². The molecule has 0 saturated carbocycles. The molecule has 0 aliphatic rings. The van der Waals surface area contributed by atoms with Gasteiger partial charge in [-0.15, -0.1) is 32.9 Å². The molecule has 0 aliphatic carbocycles. The second-order valence-electron chi connectivity index (χ2n) is 7.85. The van der Waals surface area contributed by atoms with Crippen LogP contribution in [0.1, 0.15) is 36.9 Å². The van der Waals surface area contributed by atoms with Gasteiger partial charge in [-0.25, -0.2) is 4.98 Å². The number of nitrogens with one attached hydrogen (secondary N) is 1. The number of aromatic nitrogens is 5. The van der Waals surface area contributed by atoms with Crippen molar-refractivity contribution in [3.8, 4) is 21.8 Å². The van der Waals surface area contributed by atoms with Crippen molar-refractivity contribution in [3.63, 3.8) is 0 Å². The van der Waals surface area contributed by atoms with Crippen LogP contribution >= 0.6 is 34.4 Å². The fourth-order valence-electron chi connectivity index (χ4n) is 3.78. The number of benzene rings is 1. The van der Waals surface area contributed by atoms with Crippen molar-refractivity contribution in [1.82, 2.24) is 24.7 Å². The van der Waals surface area contributed by atoms with Crippen molar-refractivity contribution in [2.45, 2.75) is 44.1 Å². The molecule has 4 heterocycles. The van der Waals surface area contributed by atoms with E-state index in [9.17, 15) is 4.79 Å². The largest absolute Gasteiger partial charge is 0.309 e. The molecule has 33 heavy (non-hydrogen) atoms. The van der Waals surface area contributed by atoms with Crippen LogP contribution < -0.4 is 5.56 Å². The summed E-state index contributed by atoms with van der Waals surface area (Å²) < 4.78 is 2.16. The molecule has 0 saturated heterocycles. The van der Waals surface area contributed by atoms with Crippen LogP contribution in [0.4, 0.5) is 0 Å². The Bertz CT molecular complexity index is 1470.